The lowest BCUT2D eigenvalue weighted by Gasteiger charge is -2.13. The number of hydrogen-bond donors (Lipinski definition) is 2. The van der Waals surface area contributed by atoms with Crippen LogP contribution in [-0.4, -0.2) is 15.9 Å². The minimum atomic E-state index is -0.854. The summed E-state index contributed by atoms with van der Waals surface area (Å²) >= 11 is 0. The Kier molecular flexibility index (Phi) is 5.40. The van der Waals surface area contributed by atoms with Crippen molar-refractivity contribution in [1.82, 2.24) is 9.97 Å². The molecule has 7 heteroatoms. The zero-order chi connectivity index (χ0) is 19.4. The van der Waals surface area contributed by atoms with E-state index in [2.05, 4.69) is 34.4 Å². The molecule has 0 spiro atoms. The highest BCUT2D eigenvalue weighted by Crippen LogP contribution is 2.25. The largest absolute Gasteiger partial charge is 0.324 e. The molecule has 0 bridgehead atoms. The Balaban J connectivity index is 1.75. The van der Waals surface area contributed by atoms with Crippen molar-refractivity contribution in [3.63, 3.8) is 0 Å². The summed E-state index contributed by atoms with van der Waals surface area (Å²) in [6.07, 6.45) is 2.59. The van der Waals surface area contributed by atoms with Gasteiger partial charge in [-0.3, -0.25) is 4.79 Å². The summed E-state index contributed by atoms with van der Waals surface area (Å²) in [6, 6.07) is 11.1. The number of aromatic nitrogens is 2. The van der Waals surface area contributed by atoms with Gasteiger partial charge >= 0.3 is 0 Å². The normalized spacial score (nSPS) is 10.7. The van der Waals surface area contributed by atoms with Gasteiger partial charge in [-0.2, -0.15) is 0 Å². The van der Waals surface area contributed by atoms with Crippen LogP contribution < -0.4 is 10.6 Å². The molecule has 1 aromatic heterocycles. The molecule has 2 aromatic carbocycles. The fourth-order valence-corrected chi connectivity index (χ4v) is 2.55. The van der Waals surface area contributed by atoms with Gasteiger partial charge in [0, 0.05) is 18.1 Å². The third-order valence-electron chi connectivity index (χ3n) is 3.94. The summed E-state index contributed by atoms with van der Waals surface area (Å²) in [4.78, 5) is 20.4. The molecule has 27 heavy (non-hydrogen) atoms. The van der Waals surface area contributed by atoms with E-state index < -0.39 is 23.2 Å². The van der Waals surface area contributed by atoms with E-state index in [1.807, 2.05) is 24.3 Å². The lowest BCUT2D eigenvalue weighted by Crippen LogP contribution is -2.15. The standard InChI is InChI=1S/C20H18F2N4O/c1-12(2)14-6-3-4-9-17(14)25-20-23-10-13(11-24-20)19(27)26-18-15(21)7-5-8-16(18)22/h3-12H,1-2H3,(H,26,27)(H,23,24,25). The van der Waals surface area contributed by atoms with E-state index in [-0.39, 0.29) is 5.56 Å². The van der Waals surface area contributed by atoms with Gasteiger partial charge in [0.2, 0.25) is 5.95 Å². The molecule has 0 atom stereocenters. The minimum absolute atomic E-state index is 0.0837. The predicted octanol–water partition coefficient (Wildman–Crippen LogP) is 4.87. The maximum Gasteiger partial charge on any atom is 0.258 e. The molecule has 1 amide bonds. The number of nitrogens with zero attached hydrogens (tertiary/aromatic N) is 2. The van der Waals surface area contributed by atoms with Crippen LogP contribution in [0.1, 0.15) is 35.7 Å². The highest BCUT2D eigenvalue weighted by atomic mass is 19.1. The Morgan fingerprint density at radius 3 is 2.22 bits per heavy atom. The fourth-order valence-electron chi connectivity index (χ4n) is 2.55. The number of carbonyl (C=O) groups is 1. The van der Waals surface area contributed by atoms with Crippen LogP contribution in [0.2, 0.25) is 0 Å². The van der Waals surface area contributed by atoms with Crippen LogP contribution >= 0.6 is 0 Å². The van der Waals surface area contributed by atoms with Crippen LogP contribution in [0.25, 0.3) is 0 Å². The van der Waals surface area contributed by atoms with Crippen molar-refractivity contribution in [3.8, 4) is 0 Å². The summed E-state index contributed by atoms with van der Waals surface area (Å²) in [6.45, 7) is 4.16. The summed E-state index contributed by atoms with van der Waals surface area (Å²) in [5.41, 5.74) is 1.56. The molecule has 0 fully saturated rings. The number of nitrogens with one attached hydrogen (secondary N) is 2. The van der Waals surface area contributed by atoms with E-state index in [0.29, 0.717) is 11.9 Å². The van der Waals surface area contributed by atoms with Gasteiger partial charge in [0.1, 0.15) is 17.3 Å². The van der Waals surface area contributed by atoms with E-state index in [9.17, 15) is 13.6 Å². The predicted molar refractivity (Wildman–Crippen MR) is 100 cm³/mol. The Morgan fingerprint density at radius 1 is 0.963 bits per heavy atom. The molecule has 138 valence electrons. The van der Waals surface area contributed by atoms with Crippen molar-refractivity contribution >= 4 is 23.2 Å². The van der Waals surface area contributed by atoms with Gasteiger partial charge in [0.05, 0.1) is 5.56 Å². The fraction of sp³-hybridized carbons (Fsp3) is 0.150. The van der Waals surface area contributed by atoms with Crippen molar-refractivity contribution < 1.29 is 13.6 Å². The quantitative estimate of drug-likeness (QED) is 0.674. The number of rotatable bonds is 5. The lowest BCUT2D eigenvalue weighted by molar-refractivity contribution is 0.102. The molecule has 5 nitrogen and oxygen atoms in total. The Morgan fingerprint density at radius 2 is 1.59 bits per heavy atom. The van der Waals surface area contributed by atoms with Crippen LogP contribution in [0.3, 0.4) is 0 Å². The number of carbonyl (C=O) groups excluding carboxylic acids is 1. The molecule has 0 unspecified atom stereocenters. The lowest BCUT2D eigenvalue weighted by atomic mass is 10.0. The molecule has 0 aliphatic heterocycles. The van der Waals surface area contributed by atoms with Crippen molar-refractivity contribution in [2.75, 3.05) is 10.6 Å². The molecule has 0 radical (unpaired) electrons. The van der Waals surface area contributed by atoms with Gasteiger partial charge in [-0.1, -0.05) is 38.1 Å². The zero-order valence-electron chi connectivity index (χ0n) is 14.8. The van der Waals surface area contributed by atoms with Gasteiger partial charge in [-0.05, 0) is 29.7 Å². The molecule has 0 saturated heterocycles. The number of anilines is 3. The third-order valence-corrected chi connectivity index (χ3v) is 3.94. The number of hydrogen-bond acceptors (Lipinski definition) is 4. The smallest absolute Gasteiger partial charge is 0.258 e. The minimum Gasteiger partial charge on any atom is -0.324 e. The number of amides is 1. The van der Waals surface area contributed by atoms with Gasteiger partial charge in [-0.25, -0.2) is 18.7 Å². The molecule has 0 aliphatic carbocycles. The van der Waals surface area contributed by atoms with Crippen LogP contribution in [0.5, 0.6) is 0 Å². The first-order chi connectivity index (χ1) is 13.0. The highest BCUT2D eigenvalue weighted by molar-refractivity contribution is 6.04. The van der Waals surface area contributed by atoms with E-state index in [0.717, 1.165) is 23.4 Å². The molecule has 1 heterocycles. The number of benzene rings is 2. The summed E-state index contributed by atoms with van der Waals surface area (Å²) in [7, 11) is 0. The summed E-state index contributed by atoms with van der Waals surface area (Å²) in [5, 5.41) is 5.31. The van der Waals surface area contributed by atoms with Crippen LogP contribution in [0.15, 0.2) is 54.9 Å². The average molecular weight is 368 g/mol. The highest BCUT2D eigenvalue weighted by Gasteiger charge is 2.14. The maximum atomic E-state index is 13.6. The molecule has 2 N–H and O–H groups in total. The topological polar surface area (TPSA) is 66.9 Å². The van der Waals surface area contributed by atoms with Crippen LogP contribution in [0, 0.1) is 11.6 Å². The van der Waals surface area contributed by atoms with E-state index in [1.165, 1.54) is 18.5 Å². The van der Waals surface area contributed by atoms with E-state index >= 15 is 0 Å². The molecule has 0 saturated carbocycles. The molecule has 0 aliphatic rings. The second kappa shape index (κ2) is 7.90. The Bertz CT molecular complexity index is 938. The van der Waals surface area contributed by atoms with Crippen molar-refractivity contribution in [1.29, 1.82) is 0 Å². The monoisotopic (exact) mass is 368 g/mol. The van der Waals surface area contributed by atoms with Crippen molar-refractivity contribution in [2.24, 2.45) is 0 Å². The summed E-state index contributed by atoms with van der Waals surface area (Å²) < 4.78 is 27.3. The summed E-state index contributed by atoms with van der Waals surface area (Å²) in [5.74, 6) is -1.78. The van der Waals surface area contributed by atoms with Crippen molar-refractivity contribution in [2.45, 2.75) is 19.8 Å². The average Bonchev–Trinajstić information content (AvgIpc) is 2.65. The third kappa shape index (κ3) is 4.25. The molecule has 3 rings (SSSR count). The van der Waals surface area contributed by atoms with Gasteiger partial charge in [-0.15, -0.1) is 0 Å². The SMILES string of the molecule is CC(C)c1ccccc1Nc1ncc(C(=O)Nc2c(F)cccc2F)cn1. The Labute approximate surface area is 155 Å². The van der Waals surface area contributed by atoms with Crippen LogP contribution in [-0.2, 0) is 0 Å². The van der Waals surface area contributed by atoms with Gasteiger partial charge in [0.25, 0.3) is 5.91 Å². The maximum absolute atomic E-state index is 13.6. The second-order valence-corrected chi connectivity index (χ2v) is 6.21. The Hall–Kier alpha value is -3.35. The second-order valence-electron chi connectivity index (χ2n) is 6.21. The first-order valence-corrected chi connectivity index (χ1v) is 8.39. The first kappa shape index (κ1) is 18.4. The molecular weight excluding hydrogens is 350 g/mol. The van der Waals surface area contributed by atoms with Crippen LogP contribution in [0.4, 0.5) is 26.1 Å². The van der Waals surface area contributed by atoms with Crippen molar-refractivity contribution in [3.05, 3.63) is 77.6 Å². The zero-order valence-corrected chi connectivity index (χ0v) is 14.8. The van der Waals surface area contributed by atoms with Gasteiger partial charge in [0.15, 0.2) is 0 Å². The number of para-hydroxylation sites is 2. The van der Waals surface area contributed by atoms with E-state index in [4.69, 9.17) is 0 Å². The van der Waals surface area contributed by atoms with Gasteiger partial charge < -0.3 is 10.6 Å². The molecular formula is C20H18F2N4O. The molecule has 3 aromatic rings. The number of halogens is 2. The first-order valence-electron chi connectivity index (χ1n) is 8.39. The van der Waals surface area contributed by atoms with E-state index in [1.54, 1.807) is 0 Å².